The van der Waals surface area contributed by atoms with Gasteiger partial charge in [0.1, 0.15) is 0 Å². The van der Waals surface area contributed by atoms with Gasteiger partial charge in [0.25, 0.3) is 11.8 Å². The Labute approximate surface area is 232 Å². The van der Waals surface area contributed by atoms with Crippen LogP contribution in [0.2, 0.25) is 5.02 Å². The van der Waals surface area contributed by atoms with Gasteiger partial charge < -0.3 is 20.1 Å². The van der Waals surface area contributed by atoms with Gasteiger partial charge in [0.05, 0.1) is 21.7 Å². The zero-order valence-corrected chi connectivity index (χ0v) is 23.2. The van der Waals surface area contributed by atoms with Crippen molar-refractivity contribution in [2.75, 3.05) is 18.5 Å². The van der Waals surface area contributed by atoms with E-state index in [4.69, 9.17) is 21.1 Å². The molecule has 0 unspecified atom stereocenters. The van der Waals surface area contributed by atoms with Crippen molar-refractivity contribution in [2.24, 2.45) is 4.99 Å². The van der Waals surface area contributed by atoms with Crippen molar-refractivity contribution >= 4 is 73.7 Å². The summed E-state index contributed by atoms with van der Waals surface area (Å²) < 4.78 is 12.2. The lowest BCUT2D eigenvalue weighted by atomic mass is 10.2. The summed E-state index contributed by atoms with van der Waals surface area (Å²) in [7, 11) is 0. The summed E-state index contributed by atoms with van der Waals surface area (Å²) in [6, 6.07) is 18.1. The van der Waals surface area contributed by atoms with E-state index < -0.39 is 0 Å². The van der Waals surface area contributed by atoms with E-state index in [1.54, 1.807) is 42.5 Å². The number of halogens is 2. The number of ether oxygens (including phenoxy) is 2. The van der Waals surface area contributed by atoms with Crippen molar-refractivity contribution in [3.05, 3.63) is 86.2 Å². The van der Waals surface area contributed by atoms with E-state index in [0.29, 0.717) is 49.0 Å². The van der Waals surface area contributed by atoms with Crippen LogP contribution in [0.3, 0.4) is 0 Å². The molecule has 4 rings (SSSR count). The number of hydrogen-bond acceptors (Lipinski definition) is 6. The third kappa shape index (κ3) is 7.38. The molecule has 0 spiro atoms. The number of aryl methyl sites for hydroxylation is 1. The third-order valence-corrected chi connectivity index (χ3v) is 6.74. The molecule has 0 radical (unpaired) electrons. The zero-order chi connectivity index (χ0) is 26.4. The lowest BCUT2D eigenvalue weighted by Crippen LogP contribution is -2.20. The van der Waals surface area contributed by atoms with Gasteiger partial charge in [-0.25, -0.2) is 4.99 Å². The molecule has 0 bridgehead atoms. The topological polar surface area (TPSA) is 89.0 Å². The number of hydrogen-bond donors (Lipinski definition) is 2. The van der Waals surface area contributed by atoms with Gasteiger partial charge in [-0.15, -0.1) is 0 Å². The molecule has 7 nitrogen and oxygen atoms in total. The number of thioether (sulfide) groups is 1. The second kappa shape index (κ2) is 12.3. The summed E-state index contributed by atoms with van der Waals surface area (Å²) in [6.45, 7) is 4.00. The molecule has 2 N–H and O–H groups in total. The molecule has 1 fully saturated rings. The predicted octanol–water partition coefficient (Wildman–Crippen LogP) is 6.72. The van der Waals surface area contributed by atoms with Crippen molar-refractivity contribution in [1.82, 2.24) is 5.32 Å². The normalized spacial score (nSPS) is 15.1. The molecule has 37 heavy (non-hydrogen) atoms. The van der Waals surface area contributed by atoms with Crippen LogP contribution in [0, 0.1) is 6.92 Å². The first kappa shape index (κ1) is 26.8. The van der Waals surface area contributed by atoms with Gasteiger partial charge in [0, 0.05) is 10.7 Å². The maximum Gasteiger partial charge on any atom is 0.264 e. The van der Waals surface area contributed by atoms with E-state index in [1.807, 2.05) is 38.1 Å². The van der Waals surface area contributed by atoms with Crippen molar-refractivity contribution in [3.63, 3.8) is 0 Å². The Hall–Kier alpha value is -3.27. The average Bonchev–Trinajstić information content (AvgIpc) is 3.18. The Morgan fingerprint density at radius 1 is 1.16 bits per heavy atom. The molecule has 3 aromatic carbocycles. The zero-order valence-electron chi connectivity index (χ0n) is 20.0. The summed E-state index contributed by atoms with van der Waals surface area (Å²) >= 11 is 10.7. The van der Waals surface area contributed by atoms with Crippen molar-refractivity contribution in [3.8, 4) is 11.5 Å². The van der Waals surface area contributed by atoms with Gasteiger partial charge in [-0.3, -0.25) is 9.59 Å². The third-order valence-electron chi connectivity index (χ3n) is 4.99. The Kier molecular flexibility index (Phi) is 8.91. The largest absolute Gasteiger partial charge is 0.490 e. The van der Waals surface area contributed by atoms with Gasteiger partial charge in [0.2, 0.25) is 0 Å². The monoisotopic (exact) mass is 599 g/mol. The van der Waals surface area contributed by atoms with Crippen molar-refractivity contribution < 1.29 is 19.1 Å². The van der Waals surface area contributed by atoms with Gasteiger partial charge >= 0.3 is 0 Å². The lowest BCUT2D eigenvalue weighted by molar-refractivity contribution is -0.118. The van der Waals surface area contributed by atoms with Gasteiger partial charge in [-0.2, -0.15) is 0 Å². The molecule has 10 heteroatoms. The van der Waals surface area contributed by atoms with E-state index in [2.05, 4.69) is 31.6 Å². The molecular weight excluding hydrogens is 578 g/mol. The number of nitrogens with one attached hydrogen (secondary N) is 2. The van der Waals surface area contributed by atoms with Crippen molar-refractivity contribution in [2.45, 2.75) is 13.8 Å². The van der Waals surface area contributed by atoms with Crippen molar-refractivity contribution in [1.29, 1.82) is 0 Å². The van der Waals surface area contributed by atoms with Crippen LogP contribution in [0.4, 0.5) is 11.4 Å². The number of amidine groups is 1. The lowest BCUT2D eigenvalue weighted by Gasteiger charge is -2.15. The van der Waals surface area contributed by atoms with Crippen LogP contribution in [0.5, 0.6) is 11.5 Å². The minimum atomic E-state index is -0.294. The van der Waals surface area contributed by atoms with E-state index in [1.165, 1.54) is 11.8 Å². The molecule has 1 aliphatic heterocycles. The summed E-state index contributed by atoms with van der Waals surface area (Å²) in [4.78, 5) is 29.9. The highest BCUT2D eigenvalue weighted by atomic mass is 79.9. The van der Waals surface area contributed by atoms with E-state index in [9.17, 15) is 9.59 Å². The first-order valence-electron chi connectivity index (χ1n) is 11.3. The number of aliphatic imine (C=N–C) groups is 1. The number of amides is 2. The van der Waals surface area contributed by atoms with Crippen LogP contribution in [0.1, 0.15) is 18.1 Å². The molecular formula is C27H23BrClN3O4S. The molecule has 2 amide bonds. The highest BCUT2D eigenvalue weighted by Gasteiger charge is 2.24. The van der Waals surface area contributed by atoms with Gasteiger partial charge in [-0.1, -0.05) is 23.7 Å². The van der Waals surface area contributed by atoms with Crippen LogP contribution in [0.15, 0.2) is 75.0 Å². The number of carbonyl (C=O) groups is 2. The fraction of sp³-hybridized carbons (Fsp3) is 0.148. The minimum absolute atomic E-state index is 0.199. The summed E-state index contributed by atoms with van der Waals surface area (Å²) in [5, 5.41) is 6.68. The number of carbonyl (C=O) groups excluding carboxylic acids is 2. The van der Waals surface area contributed by atoms with Crippen LogP contribution < -0.4 is 20.1 Å². The molecule has 0 atom stereocenters. The second-order valence-electron chi connectivity index (χ2n) is 7.93. The predicted molar refractivity (Wildman–Crippen MR) is 153 cm³/mol. The Bertz CT molecular complexity index is 1390. The van der Waals surface area contributed by atoms with Gasteiger partial charge in [-0.05, 0) is 107 Å². The minimum Gasteiger partial charge on any atom is -0.490 e. The number of anilines is 1. The first-order chi connectivity index (χ1) is 17.8. The molecule has 1 saturated heterocycles. The smallest absolute Gasteiger partial charge is 0.264 e. The summed E-state index contributed by atoms with van der Waals surface area (Å²) in [5.41, 5.74) is 3.15. The fourth-order valence-corrected chi connectivity index (χ4v) is 4.94. The first-order valence-corrected chi connectivity index (χ1v) is 13.3. The Balaban J connectivity index is 1.48. The van der Waals surface area contributed by atoms with Crippen LogP contribution >= 0.6 is 39.3 Å². The van der Waals surface area contributed by atoms with Gasteiger partial charge in [0.15, 0.2) is 23.3 Å². The Morgan fingerprint density at radius 2 is 1.95 bits per heavy atom. The maximum atomic E-state index is 12.5. The van der Waals surface area contributed by atoms with E-state index in [-0.39, 0.29) is 18.4 Å². The molecule has 0 aliphatic carbocycles. The average molecular weight is 601 g/mol. The number of benzene rings is 3. The Morgan fingerprint density at radius 3 is 2.68 bits per heavy atom. The molecule has 0 saturated carbocycles. The standard InChI is InChI=1S/C27H23BrClN3O4S/c1-3-35-22-13-17(14-23-26(34)32-27(37-23)31-19-9-7-18(29)8-10-19)12-21(28)25(22)36-15-24(33)30-20-6-4-5-16(2)11-20/h4-14H,3,15H2,1-2H3,(H,30,33)(H,31,32,34)/b23-14-. The highest BCUT2D eigenvalue weighted by Crippen LogP contribution is 2.38. The van der Waals surface area contributed by atoms with Crippen LogP contribution in [-0.4, -0.2) is 30.2 Å². The fourth-order valence-electron chi connectivity index (χ4n) is 3.40. The summed E-state index contributed by atoms with van der Waals surface area (Å²) in [5.74, 6) is 0.306. The molecule has 190 valence electrons. The van der Waals surface area contributed by atoms with Crippen LogP contribution in [0.25, 0.3) is 6.08 Å². The summed E-state index contributed by atoms with van der Waals surface area (Å²) in [6.07, 6.45) is 1.74. The van der Waals surface area contributed by atoms with E-state index >= 15 is 0 Å². The van der Waals surface area contributed by atoms with Crippen LogP contribution in [-0.2, 0) is 9.59 Å². The number of nitrogens with zero attached hydrogens (tertiary/aromatic N) is 1. The molecule has 1 aliphatic rings. The molecule has 0 aromatic heterocycles. The molecule has 3 aromatic rings. The van der Waals surface area contributed by atoms with E-state index in [0.717, 1.165) is 11.1 Å². The highest BCUT2D eigenvalue weighted by molar-refractivity contribution is 9.10. The second-order valence-corrected chi connectivity index (χ2v) is 10.2. The molecule has 1 heterocycles. The number of rotatable bonds is 8. The maximum absolute atomic E-state index is 12.5. The quantitative estimate of drug-likeness (QED) is 0.280. The SMILES string of the molecule is CCOc1cc(/C=C2\SC(=Nc3ccc(Cl)cc3)NC2=O)cc(Br)c1OCC(=O)Nc1cccc(C)c1.